The van der Waals surface area contributed by atoms with Crippen LogP contribution in [-0.2, 0) is 16.0 Å². The zero-order valence-corrected chi connectivity index (χ0v) is 14.3. The summed E-state index contributed by atoms with van der Waals surface area (Å²) in [6.07, 6.45) is -0.811. The van der Waals surface area contributed by atoms with Gasteiger partial charge in [-0.15, -0.1) is 0 Å². The van der Waals surface area contributed by atoms with E-state index in [4.69, 9.17) is 9.47 Å². The number of carbonyl (C=O) groups is 2. The maximum absolute atomic E-state index is 13.3. The maximum atomic E-state index is 13.3. The first-order valence-corrected chi connectivity index (χ1v) is 8.18. The summed E-state index contributed by atoms with van der Waals surface area (Å²) in [6, 6.07) is 13.0. The Morgan fingerprint density at radius 2 is 2.08 bits per heavy atom. The minimum Gasteiger partial charge on any atom is -0.497 e. The number of hydrogen-bond donors (Lipinski definition) is 1. The normalized spacial score (nSPS) is 16.3. The third-order valence-corrected chi connectivity index (χ3v) is 4.04. The van der Waals surface area contributed by atoms with Crippen molar-refractivity contribution in [2.24, 2.45) is 0 Å². The molecule has 6 nitrogen and oxygen atoms in total. The van der Waals surface area contributed by atoms with Crippen LogP contribution in [0.25, 0.3) is 0 Å². The lowest BCUT2D eigenvalue weighted by molar-refractivity contribution is -0.120. The summed E-state index contributed by atoms with van der Waals surface area (Å²) in [7, 11) is 1.58. The molecule has 1 atom stereocenters. The van der Waals surface area contributed by atoms with E-state index in [9.17, 15) is 14.0 Å². The number of rotatable bonds is 6. The van der Waals surface area contributed by atoms with E-state index in [1.54, 1.807) is 25.3 Å². The van der Waals surface area contributed by atoms with Gasteiger partial charge in [-0.25, -0.2) is 9.18 Å². The molecular formula is C19H19FN2O4. The highest BCUT2D eigenvalue weighted by Gasteiger charge is 2.32. The minimum absolute atomic E-state index is 0.171. The van der Waals surface area contributed by atoms with Gasteiger partial charge < -0.3 is 14.8 Å². The van der Waals surface area contributed by atoms with Crippen LogP contribution < -0.4 is 15.0 Å². The van der Waals surface area contributed by atoms with Gasteiger partial charge in [0.15, 0.2) is 0 Å². The standard InChI is InChI=1S/C19H19FN2O4/c1-25-16-7-5-13(6-8-16)9-18(23)21-11-17-12-22(19(24)26-17)15-4-2-3-14(20)10-15/h2-8,10,17H,9,11-12H2,1H3,(H,21,23). The highest BCUT2D eigenvalue weighted by molar-refractivity contribution is 5.89. The smallest absolute Gasteiger partial charge is 0.414 e. The molecule has 1 saturated heterocycles. The molecule has 0 aromatic heterocycles. The van der Waals surface area contributed by atoms with Crippen LogP contribution in [0.4, 0.5) is 14.9 Å². The predicted octanol–water partition coefficient (Wildman–Crippen LogP) is 2.52. The van der Waals surface area contributed by atoms with Gasteiger partial charge in [0.25, 0.3) is 0 Å². The zero-order chi connectivity index (χ0) is 18.5. The lowest BCUT2D eigenvalue weighted by Gasteiger charge is -2.13. The molecule has 0 bridgehead atoms. The van der Waals surface area contributed by atoms with Gasteiger partial charge in [0.2, 0.25) is 5.91 Å². The van der Waals surface area contributed by atoms with Crippen molar-refractivity contribution in [1.82, 2.24) is 5.32 Å². The van der Waals surface area contributed by atoms with Crippen LogP contribution in [0, 0.1) is 5.82 Å². The average Bonchev–Trinajstić information content (AvgIpc) is 3.01. The number of nitrogens with one attached hydrogen (secondary N) is 1. The van der Waals surface area contributed by atoms with Gasteiger partial charge in [0.05, 0.1) is 32.3 Å². The van der Waals surface area contributed by atoms with Crippen molar-refractivity contribution in [2.45, 2.75) is 12.5 Å². The molecule has 136 valence electrons. The van der Waals surface area contributed by atoms with Crippen LogP contribution in [0.3, 0.4) is 0 Å². The molecule has 0 aliphatic carbocycles. The monoisotopic (exact) mass is 358 g/mol. The van der Waals surface area contributed by atoms with Crippen LogP contribution in [0.15, 0.2) is 48.5 Å². The second-order valence-corrected chi connectivity index (χ2v) is 5.93. The number of anilines is 1. The third-order valence-electron chi connectivity index (χ3n) is 4.04. The summed E-state index contributed by atoms with van der Waals surface area (Å²) in [5.74, 6) is 0.131. The number of hydrogen-bond acceptors (Lipinski definition) is 4. The number of halogens is 1. The molecule has 1 fully saturated rings. The van der Waals surface area contributed by atoms with E-state index in [-0.39, 0.29) is 25.4 Å². The van der Waals surface area contributed by atoms with Crippen LogP contribution in [0.5, 0.6) is 5.75 Å². The summed E-state index contributed by atoms with van der Waals surface area (Å²) in [4.78, 5) is 25.4. The van der Waals surface area contributed by atoms with Gasteiger partial charge in [0, 0.05) is 0 Å². The van der Waals surface area contributed by atoms with Gasteiger partial charge in [-0.2, -0.15) is 0 Å². The van der Waals surface area contributed by atoms with E-state index in [1.807, 2.05) is 12.1 Å². The van der Waals surface area contributed by atoms with Crippen molar-refractivity contribution in [3.05, 3.63) is 59.9 Å². The fourth-order valence-corrected chi connectivity index (χ4v) is 2.70. The number of cyclic esters (lactones) is 1. The number of nitrogens with zero attached hydrogens (tertiary/aromatic N) is 1. The second-order valence-electron chi connectivity index (χ2n) is 5.93. The molecule has 1 aliphatic rings. The first-order valence-electron chi connectivity index (χ1n) is 8.18. The van der Waals surface area contributed by atoms with Gasteiger partial charge in [-0.1, -0.05) is 18.2 Å². The van der Waals surface area contributed by atoms with E-state index in [0.717, 1.165) is 11.3 Å². The summed E-state index contributed by atoms with van der Waals surface area (Å²) in [5.41, 5.74) is 1.29. The molecule has 2 aromatic rings. The molecule has 0 radical (unpaired) electrons. The largest absolute Gasteiger partial charge is 0.497 e. The molecule has 0 spiro atoms. The zero-order valence-electron chi connectivity index (χ0n) is 14.3. The topological polar surface area (TPSA) is 67.9 Å². The highest BCUT2D eigenvalue weighted by atomic mass is 19.1. The van der Waals surface area contributed by atoms with Crippen LogP contribution in [-0.4, -0.2) is 38.3 Å². The van der Waals surface area contributed by atoms with Crippen molar-refractivity contribution in [3.63, 3.8) is 0 Å². The van der Waals surface area contributed by atoms with Crippen LogP contribution >= 0.6 is 0 Å². The Labute approximate surface area is 150 Å². The summed E-state index contributed by atoms with van der Waals surface area (Å²) in [6.45, 7) is 0.456. The van der Waals surface area contributed by atoms with E-state index in [0.29, 0.717) is 5.69 Å². The number of ether oxygens (including phenoxy) is 2. The molecule has 26 heavy (non-hydrogen) atoms. The van der Waals surface area contributed by atoms with Crippen molar-refractivity contribution in [2.75, 3.05) is 25.1 Å². The Morgan fingerprint density at radius 3 is 2.77 bits per heavy atom. The summed E-state index contributed by atoms with van der Waals surface area (Å²) < 4.78 is 23.6. The third kappa shape index (κ3) is 4.30. The Bertz CT molecular complexity index is 794. The lowest BCUT2D eigenvalue weighted by Crippen LogP contribution is -2.35. The van der Waals surface area contributed by atoms with Gasteiger partial charge in [-0.05, 0) is 35.9 Å². The molecule has 2 aromatic carbocycles. The Kier molecular flexibility index (Phi) is 5.36. The van der Waals surface area contributed by atoms with Gasteiger partial charge in [-0.3, -0.25) is 9.69 Å². The number of benzene rings is 2. The van der Waals surface area contributed by atoms with E-state index < -0.39 is 18.0 Å². The molecule has 7 heteroatoms. The molecule has 1 heterocycles. The fourth-order valence-electron chi connectivity index (χ4n) is 2.70. The molecule has 2 amide bonds. The Hall–Kier alpha value is -3.09. The van der Waals surface area contributed by atoms with Gasteiger partial charge in [0.1, 0.15) is 17.7 Å². The summed E-state index contributed by atoms with van der Waals surface area (Å²) >= 11 is 0. The second kappa shape index (κ2) is 7.86. The first-order chi connectivity index (χ1) is 12.5. The first kappa shape index (κ1) is 17.7. The highest BCUT2D eigenvalue weighted by Crippen LogP contribution is 2.22. The number of amides is 2. The van der Waals surface area contributed by atoms with Crippen LogP contribution in [0.1, 0.15) is 5.56 Å². The van der Waals surface area contributed by atoms with E-state index in [2.05, 4.69) is 5.32 Å². The minimum atomic E-state index is -0.551. The van der Waals surface area contributed by atoms with Crippen LogP contribution in [0.2, 0.25) is 0 Å². The molecule has 1 unspecified atom stereocenters. The quantitative estimate of drug-likeness (QED) is 0.862. The molecule has 1 aliphatic heterocycles. The van der Waals surface area contributed by atoms with Crippen molar-refractivity contribution in [3.8, 4) is 5.75 Å². The Morgan fingerprint density at radius 1 is 1.31 bits per heavy atom. The van der Waals surface area contributed by atoms with Gasteiger partial charge >= 0.3 is 6.09 Å². The number of carbonyl (C=O) groups excluding carboxylic acids is 2. The van der Waals surface area contributed by atoms with E-state index in [1.165, 1.54) is 23.1 Å². The predicted molar refractivity (Wildman–Crippen MR) is 93.7 cm³/mol. The molecule has 1 N–H and O–H groups in total. The lowest BCUT2D eigenvalue weighted by atomic mass is 10.1. The van der Waals surface area contributed by atoms with Crippen molar-refractivity contribution < 1.29 is 23.5 Å². The average molecular weight is 358 g/mol. The number of methoxy groups -OCH3 is 1. The maximum Gasteiger partial charge on any atom is 0.414 e. The van der Waals surface area contributed by atoms with Crippen molar-refractivity contribution in [1.29, 1.82) is 0 Å². The van der Waals surface area contributed by atoms with E-state index >= 15 is 0 Å². The SMILES string of the molecule is COc1ccc(CC(=O)NCC2CN(c3cccc(F)c3)C(=O)O2)cc1. The fraction of sp³-hybridized carbons (Fsp3) is 0.263. The Balaban J connectivity index is 1.50. The summed E-state index contributed by atoms with van der Waals surface area (Å²) in [5, 5.41) is 2.76. The molecular weight excluding hydrogens is 339 g/mol. The molecule has 3 rings (SSSR count). The van der Waals surface area contributed by atoms with Crippen molar-refractivity contribution >= 4 is 17.7 Å². The molecule has 0 saturated carbocycles.